The van der Waals surface area contributed by atoms with Gasteiger partial charge >= 0.3 is 0 Å². The number of para-hydroxylation sites is 3. The van der Waals surface area contributed by atoms with E-state index in [4.69, 9.17) is 4.42 Å². The number of aliphatic hydroxyl groups is 1. The van der Waals surface area contributed by atoms with Crippen LogP contribution < -0.4 is 9.80 Å². The number of fused-ring (bicyclic) bond motifs is 3. The van der Waals surface area contributed by atoms with Crippen molar-refractivity contribution in [2.24, 2.45) is 0 Å². The van der Waals surface area contributed by atoms with Crippen molar-refractivity contribution in [3.8, 4) is 22.3 Å². The van der Waals surface area contributed by atoms with Crippen LogP contribution in [-0.2, 0) is 0 Å². The topological polar surface area (TPSA) is 39.9 Å². The number of nitrogens with zero attached hydrogens (tertiary/aromatic N) is 2. The highest BCUT2D eigenvalue weighted by atomic mass is 16.3. The first-order valence-corrected chi connectivity index (χ1v) is 29.7. The second kappa shape index (κ2) is 21.8. The Kier molecular flexibility index (Phi) is 13.6. The Morgan fingerprint density at radius 2 is 1.07 bits per heavy atom. The summed E-state index contributed by atoms with van der Waals surface area (Å²) in [4.78, 5) is 4.84. The second-order valence-corrected chi connectivity index (χ2v) is 23.1. The lowest BCUT2D eigenvalue weighted by molar-refractivity contribution is 0.329. The van der Waals surface area contributed by atoms with Crippen LogP contribution in [0.1, 0.15) is 97.4 Å². The molecule has 2 aliphatic rings. The van der Waals surface area contributed by atoms with Crippen molar-refractivity contribution in [1.82, 2.24) is 0 Å². The molecule has 4 nitrogen and oxygen atoms in total. The minimum absolute atomic E-state index is 0.170. The average Bonchev–Trinajstić information content (AvgIpc) is 3.32. The summed E-state index contributed by atoms with van der Waals surface area (Å²) < 4.78 is 7.28. The van der Waals surface area contributed by atoms with E-state index in [1.165, 1.54) is 111 Å². The van der Waals surface area contributed by atoms with Gasteiger partial charge in [0, 0.05) is 44.2 Å². The van der Waals surface area contributed by atoms with Crippen LogP contribution in [0.15, 0.2) is 241 Å². The second-order valence-electron chi connectivity index (χ2n) is 23.1. The van der Waals surface area contributed by atoms with Gasteiger partial charge in [-0.1, -0.05) is 209 Å². The Morgan fingerprint density at radius 1 is 0.500 bits per heavy atom. The molecule has 0 unspecified atom stereocenters. The number of hydrogen-bond acceptors (Lipinski definition) is 4. The Balaban J connectivity index is 1.00. The van der Waals surface area contributed by atoms with Crippen molar-refractivity contribution in [3.05, 3.63) is 265 Å². The maximum absolute atomic E-state index is 11.8. The first-order valence-electron chi connectivity index (χ1n) is 29.7. The Morgan fingerprint density at radius 3 is 1.78 bits per heavy atom. The summed E-state index contributed by atoms with van der Waals surface area (Å²) in [7, 11) is 0. The van der Waals surface area contributed by atoms with Crippen LogP contribution in [0.3, 0.4) is 0 Å². The molecule has 0 aliphatic heterocycles. The number of hydrogen-bond donors (Lipinski definition) is 1. The van der Waals surface area contributed by atoms with Gasteiger partial charge in [-0.2, -0.15) is 0 Å². The lowest BCUT2D eigenvalue weighted by atomic mass is 9.79. The van der Waals surface area contributed by atoms with E-state index >= 15 is 0 Å². The molecule has 4 heteroatoms. The van der Waals surface area contributed by atoms with Gasteiger partial charge in [-0.3, -0.25) is 0 Å². The smallest absolute Gasteiger partial charge is 0.159 e. The highest BCUT2D eigenvalue weighted by Crippen LogP contribution is 2.54. The highest BCUT2D eigenvalue weighted by Gasteiger charge is 2.31. The molecule has 2 fully saturated rings. The summed E-state index contributed by atoms with van der Waals surface area (Å²) in [6, 6.07) is 75.5. The summed E-state index contributed by atoms with van der Waals surface area (Å²) in [6.07, 6.45) is 17.0. The van der Waals surface area contributed by atoms with Crippen LogP contribution in [0, 0.1) is 13.8 Å². The highest BCUT2D eigenvalue weighted by molar-refractivity contribution is 6.29. The zero-order valence-corrected chi connectivity index (χ0v) is 47.0. The monoisotopic (exact) mass is 1060 g/mol. The minimum Gasteiger partial charge on any atom is -0.453 e. The van der Waals surface area contributed by atoms with Gasteiger partial charge < -0.3 is 19.3 Å². The molecule has 12 aromatic rings. The van der Waals surface area contributed by atoms with E-state index in [0.29, 0.717) is 11.8 Å². The van der Waals surface area contributed by atoms with Gasteiger partial charge in [-0.25, -0.2) is 0 Å². The van der Waals surface area contributed by atoms with Gasteiger partial charge in [0.25, 0.3) is 0 Å². The lowest BCUT2D eigenvalue weighted by Crippen LogP contribution is -2.20. The molecule has 0 amide bonds. The molecule has 402 valence electrons. The Hall–Kier alpha value is -8.96. The van der Waals surface area contributed by atoms with Gasteiger partial charge in [-0.15, -0.1) is 0 Å². The predicted molar refractivity (Wildman–Crippen MR) is 348 cm³/mol. The van der Waals surface area contributed by atoms with Crippen molar-refractivity contribution < 1.29 is 9.52 Å². The third-order valence-electron chi connectivity index (χ3n) is 18.1. The molecule has 2 aliphatic carbocycles. The van der Waals surface area contributed by atoms with E-state index in [0.717, 1.165) is 91.2 Å². The number of aliphatic hydroxyl groups excluding tert-OH is 1. The average molecular weight is 1070 g/mol. The van der Waals surface area contributed by atoms with Gasteiger partial charge in [0.2, 0.25) is 0 Å². The van der Waals surface area contributed by atoms with Crippen LogP contribution in [0.2, 0.25) is 0 Å². The fraction of sp³-hybridized carbons (Fsp3) is 0.179. The van der Waals surface area contributed by atoms with Gasteiger partial charge in [0.15, 0.2) is 5.58 Å². The number of benzene rings is 11. The SMILES string of the molecule is C=C(/C=C\C=C(/CO)N(c1ccccc1)c1cc(C2CCCCC2)c2ccc3c(N(c4cccc(C)c4)c4cccc5c4oc4c(-c6ccccc6)cccc45)cc(C4CCCC4)c4ccc1c2c43)c1cccc(-c2ccccc2C)c1. The predicted octanol–water partition coefficient (Wildman–Crippen LogP) is 21.9. The molecule has 0 radical (unpaired) electrons. The summed E-state index contributed by atoms with van der Waals surface area (Å²) in [6.45, 7) is 8.74. The largest absolute Gasteiger partial charge is 0.453 e. The van der Waals surface area contributed by atoms with E-state index in [2.05, 4.69) is 255 Å². The molecule has 0 spiro atoms. The number of furan rings is 1. The summed E-state index contributed by atoms with van der Waals surface area (Å²) in [5.74, 6) is 0.825. The summed E-state index contributed by atoms with van der Waals surface area (Å²) in [5.41, 5.74) is 19.7. The normalized spacial score (nSPS) is 14.6. The van der Waals surface area contributed by atoms with Crippen LogP contribution in [-0.4, -0.2) is 11.7 Å². The lowest BCUT2D eigenvalue weighted by Gasteiger charge is -2.33. The van der Waals surface area contributed by atoms with Gasteiger partial charge in [-0.05, 0) is 178 Å². The standard InChI is InChI=1S/C78H68N2O2/c1-51-22-17-35-60(46-51)80(72-41-21-40-67-66-39-20-38-63(77(66)82-78(67)72)54-25-7-4-8-26-54)74-49-71(56-29-14-15-30-56)65-42-44-68-73(48-70(55-27-9-5-10-28-55)64-43-45-69(74)76(65)75(64)68)79(59-33-11-6-12-34-59)61(50-81)36-18-24-52(2)57-31-19-32-58(47-57)62-37-16-13-23-53(62)3/h4,6-8,11-13,16-26,31-49,55-56,81H,2,5,9-10,14-15,27-30,50H2,1,3H3/b24-18-,61-36+. The quantitative estimate of drug-likeness (QED) is 0.0870. The van der Waals surface area contributed by atoms with Crippen LogP contribution in [0.4, 0.5) is 28.4 Å². The first-order chi connectivity index (χ1) is 40.4. The maximum atomic E-state index is 11.8. The summed E-state index contributed by atoms with van der Waals surface area (Å²) >= 11 is 0. The Bertz CT molecular complexity index is 4420. The van der Waals surface area contributed by atoms with Crippen LogP contribution >= 0.6 is 0 Å². The third-order valence-corrected chi connectivity index (χ3v) is 18.1. The molecule has 0 bridgehead atoms. The third kappa shape index (κ3) is 9.16. The van der Waals surface area contributed by atoms with E-state index in [-0.39, 0.29) is 6.61 Å². The summed E-state index contributed by atoms with van der Waals surface area (Å²) in [5, 5.41) is 21.6. The van der Waals surface area contributed by atoms with E-state index in [1.807, 2.05) is 0 Å². The van der Waals surface area contributed by atoms with Crippen molar-refractivity contribution in [2.75, 3.05) is 16.4 Å². The van der Waals surface area contributed by atoms with E-state index in [9.17, 15) is 5.11 Å². The van der Waals surface area contributed by atoms with E-state index in [1.54, 1.807) is 0 Å². The maximum Gasteiger partial charge on any atom is 0.159 e. The van der Waals surface area contributed by atoms with Crippen LogP contribution in [0.5, 0.6) is 0 Å². The van der Waals surface area contributed by atoms with Crippen molar-refractivity contribution in [3.63, 3.8) is 0 Å². The van der Waals surface area contributed by atoms with Gasteiger partial charge in [0.1, 0.15) is 5.58 Å². The van der Waals surface area contributed by atoms with Gasteiger partial charge in [0.05, 0.1) is 23.7 Å². The zero-order chi connectivity index (χ0) is 55.3. The Labute approximate surface area is 481 Å². The minimum atomic E-state index is -0.170. The number of rotatable bonds is 14. The van der Waals surface area contributed by atoms with Crippen LogP contribution in [0.25, 0.3) is 82.1 Å². The molecule has 0 saturated heterocycles. The number of anilines is 5. The number of aryl methyl sites for hydroxylation is 2. The molecule has 2 saturated carbocycles. The van der Waals surface area contributed by atoms with Crippen molar-refractivity contribution >= 4 is 88.3 Å². The molecule has 0 atom stereocenters. The molecular formula is C78H68N2O2. The van der Waals surface area contributed by atoms with Crippen molar-refractivity contribution in [2.45, 2.75) is 83.5 Å². The molecule has 82 heavy (non-hydrogen) atoms. The molecule has 14 rings (SSSR count). The van der Waals surface area contributed by atoms with E-state index < -0.39 is 0 Å². The molecule has 1 aromatic heterocycles. The molecular weight excluding hydrogens is 997 g/mol. The molecule has 1 heterocycles. The molecule has 1 N–H and O–H groups in total. The van der Waals surface area contributed by atoms with Crippen molar-refractivity contribution in [1.29, 1.82) is 0 Å². The zero-order valence-electron chi connectivity index (χ0n) is 47.0. The fourth-order valence-electron chi connectivity index (χ4n) is 14.1. The molecule has 11 aromatic carbocycles. The number of allylic oxidation sites excluding steroid dienone is 4. The fourth-order valence-corrected chi connectivity index (χ4v) is 14.1. The first kappa shape index (κ1) is 51.2.